The number of nitrogens with zero attached hydrogens (tertiary/aromatic N) is 2. The van der Waals surface area contributed by atoms with Gasteiger partial charge in [-0.2, -0.15) is 0 Å². The number of aromatic nitrogens is 1. The van der Waals surface area contributed by atoms with Crippen LogP contribution in [0, 0.1) is 0 Å². The number of rotatable bonds is 6. The van der Waals surface area contributed by atoms with Crippen LogP contribution in [-0.2, 0) is 12.8 Å². The molecule has 1 heterocycles. The zero-order chi connectivity index (χ0) is 12.1. The van der Waals surface area contributed by atoms with Gasteiger partial charge in [-0.25, -0.2) is 4.98 Å². The maximum absolute atomic E-state index is 5.68. The molecule has 2 rings (SSSR count). The van der Waals surface area contributed by atoms with Crippen molar-refractivity contribution in [3.8, 4) is 0 Å². The first kappa shape index (κ1) is 12.4. The van der Waals surface area contributed by atoms with Crippen molar-refractivity contribution in [2.75, 3.05) is 24.5 Å². The highest BCUT2D eigenvalue weighted by molar-refractivity contribution is 5.43. The smallest absolute Gasteiger partial charge is 0.128 e. The van der Waals surface area contributed by atoms with Gasteiger partial charge in [0.25, 0.3) is 0 Å². The summed E-state index contributed by atoms with van der Waals surface area (Å²) in [6.07, 6.45) is 6.03. The first-order valence-corrected chi connectivity index (χ1v) is 6.79. The molecule has 0 spiro atoms. The number of pyridine rings is 1. The van der Waals surface area contributed by atoms with E-state index in [1.54, 1.807) is 0 Å². The van der Waals surface area contributed by atoms with Gasteiger partial charge in [0.05, 0.1) is 0 Å². The summed E-state index contributed by atoms with van der Waals surface area (Å²) in [6.45, 7) is 4.89. The second-order valence-electron chi connectivity index (χ2n) is 4.76. The van der Waals surface area contributed by atoms with E-state index in [4.69, 9.17) is 10.7 Å². The van der Waals surface area contributed by atoms with Crippen molar-refractivity contribution in [1.82, 2.24) is 4.98 Å². The van der Waals surface area contributed by atoms with Crippen molar-refractivity contribution in [3.05, 3.63) is 23.4 Å². The zero-order valence-corrected chi connectivity index (χ0v) is 10.8. The van der Waals surface area contributed by atoms with E-state index in [0.717, 1.165) is 25.3 Å². The number of unbranched alkanes of at least 4 members (excludes halogenated alkanes) is 1. The molecule has 0 atom stereocenters. The van der Waals surface area contributed by atoms with Gasteiger partial charge < -0.3 is 10.6 Å². The molecule has 1 aromatic heterocycles. The van der Waals surface area contributed by atoms with E-state index in [2.05, 4.69) is 24.0 Å². The van der Waals surface area contributed by atoms with Crippen LogP contribution in [0.4, 0.5) is 5.82 Å². The topological polar surface area (TPSA) is 42.1 Å². The molecule has 0 aromatic carbocycles. The molecule has 1 aliphatic rings. The van der Waals surface area contributed by atoms with Gasteiger partial charge in [0.2, 0.25) is 0 Å². The van der Waals surface area contributed by atoms with Crippen molar-refractivity contribution in [2.45, 2.75) is 39.0 Å². The van der Waals surface area contributed by atoms with Crippen LogP contribution in [0.25, 0.3) is 0 Å². The Morgan fingerprint density at radius 2 is 2.18 bits per heavy atom. The van der Waals surface area contributed by atoms with E-state index in [1.165, 1.54) is 36.9 Å². The maximum atomic E-state index is 5.68. The van der Waals surface area contributed by atoms with Crippen molar-refractivity contribution in [2.24, 2.45) is 5.73 Å². The lowest BCUT2D eigenvalue weighted by atomic mass is 10.2. The largest absolute Gasteiger partial charge is 0.355 e. The molecular weight excluding hydrogens is 210 g/mol. The van der Waals surface area contributed by atoms with Crippen molar-refractivity contribution in [1.29, 1.82) is 0 Å². The Balaban J connectivity index is 2.11. The summed E-state index contributed by atoms with van der Waals surface area (Å²) in [6, 6.07) is 4.41. The summed E-state index contributed by atoms with van der Waals surface area (Å²) in [5.74, 6) is 1.12. The van der Waals surface area contributed by atoms with E-state index in [1.807, 2.05) is 0 Å². The molecule has 0 bridgehead atoms. The minimum atomic E-state index is 0.697. The average molecular weight is 233 g/mol. The second-order valence-corrected chi connectivity index (χ2v) is 4.76. The molecule has 1 aromatic rings. The van der Waals surface area contributed by atoms with Gasteiger partial charge in [-0.15, -0.1) is 0 Å². The quantitative estimate of drug-likeness (QED) is 0.818. The Morgan fingerprint density at radius 1 is 1.29 bits per heavy atom. The van der Waals surface area contributed by atoms with E-state index in [0.29, 0.717) is 6.54 Å². The predicted octanol–water partition coefficient (Wildman–Crippen LogP) is 2.14. The number of hydrogen-bond donors (Lipinski definition) is 1. The number of aryl methyl sites for hydroxylation is 2. The molecule has 0 radical (unpaired) electrons. The maximum Gasteiger partial charge on any atom is 0.128 e. The molecule has 0 amide bonds. The molecule has 0 fully saturated rings. The van der Waals surface area contributed by atoms with Crippen LogP contribution in [0.3, 0.4) is 0 Å². The van der Waals surface area contributed by atoms with Crippen LogP contribution >= 0.6 is 0 Å². The SMILES string of the molecule is CCCCN(CCN)c1ccc2c(n1)CCC2. The Labute approximate surface area is 104 Å². The monoisotopic (exact) mass is 233 g/mol. The minimum absolute atomic E-state index is 0.697. The summed E-state index contributed by atoms with van der Waals surface area (Å²) in [5, 5.41) is 0. The average Bonchev–Trinajstić information content (AvgIpc) is 2.81. The Morgan fingerprint density at radius 3 is 2.94 bits per heavy atom. The second kappa shape index (κ2) is 6.01. The highest BCUT2D eigenvalue weighted by Crippen LogP contribution is 2.23. The van der Waals surface area contributed by atoms with E-state index >= 15 is 0 Å². The molecule has 3 nitrogen and oxygen atoms in total. The fraction of sp³-hybridized carbons (Fsp3) is 0.643. The van der Waals surface area contributed by atoms with Crippen LogP contribution in [0.15, 0.2) is 12.1 Å². The lowest BCUT2D eigenvalue weighted by Crippen LogP contribution is -2.31. The summed E-state index contributed by atoms with van der Waals surface area (Å²) >= 11 is 0. The van der Waals surface area contributed by atoms with Gasteiger partial charge >= 0.3 is 0 Å². The zero-order valence-electron chi connectivity index (χ0n) is 10.8. The van der Waals surface area contributed by atoms with Gasteiger partial charge in [0, 0.05) is 25.3 Å². The number of anilines is 1. The van der Waals surface area contributed by atoms with E-state index < -0.39 is 0 Å². The van der Waals surface area contributed by atoms with E-state index in [-0.39, 0.29) is 0 Å². The standard InChI is InChI=1S/C14H23N3/c1-2-3-10-17(11-9-15)14-8-7-12-5-4-6-13(12)16-14/h7-8H,2-6,9-11,15H2,1H3. The predicted molar refractivity (Wildman–Crippen MR) is 72.4 cm³/mol. The summed E-state index contributed by atoms with van der Waals surface area (Å²) < 4.78 is 0. The Bertz CT molecular complexity index is 362. The van der Waals surface area contributed by atoms with Gasteiger partial charge in [-0.05, 0) is 37.3 Å². The molecule has 3 heteroatoms. The summed E-state index contributed by atoms with van der Waals surface area (Å²) in [7, 11) is 0. The van der Waals surface area contributed by atoms with E-state index in [9.17, 15) is 0 Å². The van der Waals surface area contributed by atoms with Crippen molar-refractivity contribution < 1.29 is 0 Å². The third-order valence-electron chi connectivity index (χ3n) is 3.42. The fourth-order valence-electron chi connectivity index (χ4n) is 2.43. The number of nitrogens with two attached hydrogens (primary N) is 1. The van der Waals surface area contributed by atoms with Gasteiger partial charge in [-0.3, -0.25) is 0 Å². The lowest BCUT2D eigenvalue weighted by molar-refractivity contribution is 0.706. The molecule has 0 aliphatic heterocycles. The number of fused-ring (bicyclic) bond motifs is 1. The van der Waals surface area contributed by atoms with Crippen LogP contribution < -0.4 is 10.6 Å². The molecule has 0 saturated carbocycles. The first-order valence-electron chi connectivity index (χ1n) is 6.79. The number of hydrogen-bond acceptors (Lipinski definition) is 3. The first-order chi connectivity index (χ1) is 8.35. The van der Waals surface area contributed by atoms with Crippen molar-refractivity contribution >= 4 is 5.82 Å². The van der Waals surface area contributed by atoms with Crippen LogP contribution in [-0.4, -0.2) is 24.6 Å². The van der Waals surface area contributed by atoms with Crippen LogP contribution in [0.2, 0.25) is 0 Å². The Hall–Kier alpha value is -1.09. The summed E-state index contributed by atoms with van der Waals surface area (Å²) in [4.78, 5) is 7.12. The highest BCUT2D eigenvalue weighted by atomic mass is 15.2. The normalized spacial score (nSPS) is 13.8. The molecule has 94 valence electrons. The van der Waals surface area contributed by atoms with Gasteiger partial charge in [0.1, 0.15) is 5.82 Å². The van der Waals surface area contributed by atoms with Gasteiger partial charge in [-0.1, -0.05) is 19.4 Å². The Kier molecular flexibility index (Phi) is 4.37. The van der Waals surface area contributed by atoms with Gasteiger partial charge in [0.15, 0.2) is 0 Å². The molecule has 17 heavy (non-hydrogen) atoms. The minimum Gasteiger partial charge on any atom is -0.355 e. The van der Waals surface area contributed by atoms with Crippen LogP contribution in [0.5, 0.6) is 0 Å². The molecule has 1 aliphatic carbocycles. The van der Waals surface area contributed by atoms with Crippen LogP contribution in [0.1, 0.15) is 37.4 Å². The molecular formula is C14H23N3. The fourth-order valence-corrected chi connectivity index (χ4v) is 2.43. The molecule has 0 saturated heterocycles. The molecule has 2 N–H and O–H groups in total. The third-order valence-corrected chi connectivity index (χ3v) is 3.42. The van der Waals surface area contributed by atoms with Crippen molar-refractivity contribution in [3.63, 3.8) is 0 Å². The molecule has 0 unspecified atom stereocenters. The third kappa shape index (κ3) is 2.97. The summed E-state index contributed by atoms with van der Waals surface area (Å²) in [5.41, 5.74) is 8.43. The lowest BCUT2D eigenvalue weighted by Gasteiger charge is -2.23. The highest BCUT2D eigenvalue weighted by Gasteiger charge is 2.14.